The van der Waals surface area contributed by atoms with E-state index >= 15 is 0 Å². The van der Waals surface area contributed by atoms with Crippen LogP contribution in [0, 0.1) is 0 Å². The van der Waals surface area contributed by atoms with Gasteiger partial charge in [0, 0.05) is 27.0 Å². The van der Waals surface area contributed by atoms with E-state index in [0.29, 0.717) is 0 Å². The third kappa shape index (κ3) is 11.8. The molecule has 1 fully saturated rings. The van der Waals surface area contributed by atoms with Crippen molar-refractivity contribution >= 4 is 0 Å². The SMILES string of the molecule is CC1(O)OO1.O.O.O.[Ir]. The molecule has 0 unspecified atom stereocenters. The zero-order valence-corrected chi connectivity index (χ0v) is 6.99. The Morgan fingerprint density at radius 1 is 1.11 bits per heavy atom. The van der Waals surface area contributed by atoms with Gasteiger partial charge in [-0.1, -0.05) is 0 Å². The summed E-state index contributed by atoms with van der Waals surface area (Å²) in [4.78, 5) is 7.90. The summed E-state index contributed by atoms with van der Waals surface area (Å²) < 4.78 is 0. The fourth-order valence-corrected chi connectivity index (χ4v) is 0.0603. The van der Waals surface area contributed by atoms with Crippen LogP contribution in [0.5, 0.6) is 0 Å². The molecular weight excluding hydrogens is 312 g/mol. The molecule has 7 N–H and O–H groups in total. The minimum absolute atomic E-state index is 0. The molecule has 1 rings (SSSR count). The van der Waals surface area contributed by atoms with E-state index in [0.717, 1.165) is 0 Å². The van der Waals surface area contributed by atoms with Gasteiger partial charge in [0.1, 0.15) is 0 Å². The molecule has 1 heterocycles. The second kappa shape index (κ2) is 6.53. The van der Waals surface area contributed by atoms with Crippen LogP contribution in [-0.4, -0.2) is 27.5 Å². The normalized spacial score (nSPS) is 16.7. The van der Waals surface area contributed by atoms with E-state index in [1.54, 1.807) is 0 Å². The van der Waals surface area contributed by atoms with Crippen molar-refractivity contribution in [1.82, 2.24) is 0 Å². The van der Waals surface area contributed by atoms with E-state index in [9.17, 15) is 0 Å². The maximum Gasteiger partial charge on any atom is 0.334 e. The quantitative estimate of drug-likeness (QED) is 0.379. The van der Waals surface area contributed by atoms with Gasteiger partial charge in [-0.25, -0.2) is 0 Å². The fourth-order valence-electron chi connectivity index (χ4n) is 0.0603. The Bertz CT molecular complexity index is 49.0. The van der Waals surface area contributed by atoms with Gasteiger partial charge in [0.2, 0.25) is 0 Å². The monoisotopic (exact) mass is 323 g/mol. The summed E-state index contributed by atoms with van der Waals surface area (Å²) in [5.41, 5.74) is 0. The molecule has 0 saturated carbocycles. The van der Waals surface area contributed by atoms with Gasteiger partial charge in [-0.15, -0.1) is 0 Å². The van der Waals surface area contributed by atoms with Crippen molar-refractivity contribution in [2.75, 3.05) is 0 Å². The van der Waals surface area contributed by atoms with E-state index in [4.69, 9.17) is 5.11 Å². The van der Waals surface area contributed by atoms with Crippen LogP contribution >= 0.6 is 0 Å². The predicted octanol–water partition coefficient (Wildman–Crippen LogP) is -2.86. The maximum atomic E-state index is 8.19. The minimum atomic E-state index is -1.25. The molecule has 0 amide bonds. The molecule has 1 radical (unpaired) electrons. The molecule has 1 aliphatic rings. The van der Waals surface area contributed by atoms with Gasteiger partial charge in [-0.05, 0) is 0 Å². The van der Waals surface area contributed by atoms with Gasteiger partial charge in [0.05, 0.1) is 0 Å². The Hall–Kier alpha value is 0.409. The maximum absolute atomic E-state index is 8.19. The smallest absolute Gasteiger partial charge is 0.334 e. The number of aliphatic hydroxyl groups is 1. The molecule has 0 aromatic heterocycles. The summed E-state index contributed by atoms with van der Waals surface area (Å²) in [6.07, 6.45) is 0. The predicted molar refractivity (Wildman–Crippen MR) is 23.6 cm³/mol. The molecule has 0 spiro atoms. The van der Waals surface area contributed by atoms with Crippen molar-refractivity contribution in [3.05, 3.63) is 0 Å². The molecule has 1 saturated heterocycles. The molecule has 6 nitrogen and oxygen atoms in total. The summed E-state index contributed by atoms with van der Waals surface area (Å²) in [6, 6.07) is 0. The molecule has 1 aliphatic heterocycles. The van der Waals surface area contributed by atoms with Crippen molar-refractivity contribution in [1.29, 1.82) is 0 Å². The van der Waals surface area contributed by atoms with Gasteiger partial charge in [0.25, 0.3) is 0 Å². The van der Waals surface area contributed by atoms with Crippen LogP contribution in [0.25, 0.3) is 0 Å². The topological polar surface area (TPSA) is 140 Å². The largest absolute Gasteiger partial charge is 0.412 e. The Labute approximate surface area is 65.0 Å². The molecule has 0 aromatic rings. The molecule has 0 aliphatic carbocycles. The second-order valence-electron chi connectivity index (χ2n) is 1.06. The van der Waals surface area contributed by atoms with Crippen molar-refractivity contribution < 1.29 is 51.4 Å². The van der Waals surface area contributed by atoms with Crippen molar-refractivity contribution in [3.8, 4) is 0 Å². The molecular formula is C2H10IrO6. The zero-order chi connectivity index (χ0) is 3.91. The summed E-state index contributed by atoms with van der Waals surface area (Å²) in [6.45, 7) is 1.41. The van der Waals surface area contributed by atoms with Gasteiger partial charge in [-0.3, -0.25) is 0 Å². The van der Waals surface area contributed by atoms with Gasteiger partial charge in [0.15, 0.2) is 0 Å². The molecule has 63 valence electrons. The first kappa shape index (κ1) is 22.7. The number of hydrogen-bond donors (Lipinski definition) is 1. The second-order valence-corrected chi connectivity index (χ2v) is 1.06. The van der Waals surface area contributed by atoms with Crippen LogP contribution in [0.1, 0.15) is 6.92 Å². The Balaban J connectivity index is -0.0000000312. The van der Waals surface area contributed by atoms with Gasteiger partial charge >= 0.3 is 5.97 Å². The summed E-state index contributed by atoms with van der Waals surface area (Å²) in [7, 11) is 0. The minimum Gasteiger partial charge on any atom is -0.412 e. The first-order valence-electron chi connectivity index (χ1n) is 1.30. The van der Waals surface area contributed by atoms with Crippen LogP contribution in [0.15, 0.2) is 0 Å². The third-order valence-corrected chi connectivity index (χ3v) is 0.325. The van der Waals surface area contributed by atoms with E-state index < -0.39 is 5.97 Å². The van der Waals surface area contributed by atoms with E-state index in [1.807, 2.05) is 0 Å². The molecule has 0 aromatic carbocycles. The first-order valence-corrected chi connectivity index (χ1v) is 1.30. The van der Waals surface area contributed by atoms with E-state index in [2.05, 4.69) is 9.78 Å². The molecule has 0 atom stereocenters. The first-order chi connectivity index (χ1) is 2.21. The number of rotatable bonds is 0. The molecule has 7 heteroatoms. The summed E-state index contributed by atoms with van der Waals surface area (Å²) >= 11 is 0. The van der Waals surface area contributed by atoms with Crippen LogP contribution in [0.3, 0.4) is 0 Å². The van der Waals surface area contributed by atoms with E-state index in [1.165, 1.54) is 6.92 Å². The average Bonchev–Trinajstić information content (AvgIpc) is 1.76. The van der Waals surface area contributed by atoms with Gasteiger partial charge < -0.3 is 21.5 Å². The number of hydrogen-bond acceptors (Lipinski definition) is 3. The van der Waals surface area contributed by atoms with Crippen LogP contribution in [-0.2, 0) is 29.9 Å². The van der Waals surface area contributed by atoms with Crippen LogP contribution < -0.4 is 0 Å². The van der Waals surface area contributed by atoms with Crippen LogP contribution in [0.4, 0.5) is 0 Å². The summed E-state index contributed by atoms with van der Waals surface area (Å²) in [5, 5.41) is 8.19. The Morgan fingerprint density at radius 2 is 1.22 bits per heavy atom. The fraction of sp³-hybridized carbons (Fsp3) is 1.00. The molecule has 0 bridgehead atoms. The van der Waals surface area contributed by atoms with E-state index in [-0.39, 0.29) is 36.5 Å². The summed E-state index contributed by atoms with van der Waals surface area (Å²) in [5.74, 6) is -1.25. The Morgan fingerprint density at radius 3 is 1.22 bits per heavy atom. The van der Waals surface area contributed by atoms with Crippen molar-refractivity contribution in [2.24, 2.45) is 0 Å². The van der Waals surface area contributed by atoms with Crippen molar-refractivity contribution in [3.63, 3.8) is 0 Å². The molecule has 9 heavy (non-hydrogen) atoms. The standard InChI is InChI=1S/C2H4O3.Ir.3H2O/c1-2(3)4-5-2;;;;/h3H,1H3;;3*1H2. The van der Waals surface area contributed by atoms with Crippen molar-refractivity contribution in [2.45, 2.75) is 12.9 Å². The van der Waals surface area contributed by atoms with Gasteiger partial charge in [-0.2, -0.15) is 9.78 Å². The Kier molecular flexibility index (Phi) is 16.5. The zero-order valence-electron chi connectivity index (χ0n) is 4.60. The van der Waals surface area contributed by atoms with Crippen LogP contribution in [0.2, 0.25) is 0 Å². The third-order valence-electron chi connectivity index (χ3n) is 0.325. The average molecular weight is 322 g/mol.